The van der Waals surface area contributed by atoms with E-state index in [9.17, 15) is 4.79 Å². The summed E-state index contributed by atoms with van der Waals surface area (Å²) in [7, 11) is 0. The van der Waals surface area contributed by atoms with Gasteiger partial charge in [-0.3, -0.25) is 0 Å². The van der Waals surface area contributed by atoms with Crippen molar-refractivity contribution < 1.29 is 4.79 Å². The lowest BCUT2D eigenvalue weighted by atomic mass is 10.2. The van der Waals surface area contributed by atoms with Gasteiger partial charge >= 0.3 is 6.03 Å². The molecule has 1 heterocycles. The number of halogens is 4. The second-order valence-corrected chi connectivity index (χ2v) is 5.59. The quantitative estimate of drug-likeness (QED) is 0.481. The van der Waals surface area contributed by atoms with Crippen LogP contribution in [0.2, 0.25) is 20.4 Å². The van der Waals surface area contributed by atoms with Gasteiger partial charge in [-0.25, -0.2) is 9.78 Å². The molecular weight excluding hydrogens is 370 g/mol. The number of nitrogens with two attached hydrogens (primary N) is 1. The van der Waals surface area contributed by atoms with Gasteiger partial charge in [0.2, 0.25) is 0 Å². The van der Waals surface area contributed by atoms with Crippen molar-refractivity contribution in [2.45, 2.75) is 0 Å². The van der Waals surface area contributed by atoms with Crippen LogP contribution in [0.3, 0.4) is 0 Å². The van der Waals surface area contributed by atoms with E-state index in [0.29, 0.717) is 15.6 Å². The first-order valence-corrected chi connectivity index (χ1v) is 7.30. The van der Waals surface area contributed by atoms with Crippen LogP contribution in [0, 0.1) is 0 Å². The number of amides is 2. The molecule has 0 aliphatic rings. The van der Waals surface area contributed by atoms with E-state index >= 15 is 0 Å². The van der Waals surface area contributed by atoms with Crippen LogP contribution in [0.1, 0.15) is 5.56 Å². The third kappa shape index (κ3) is 4.01. The van der Waals surface area contributed by atoms with E-state index in [1.54, 1.807) is 18.2 Å². The van der Waals surface area contributed by atoms with Crippen LogP contribution >= 0.6 is 46.4 Å². The van der Waals surface area contributed by atoms with E-state index in [4.69, 9.17) is 52.1 Å². The number of aromatic nitrogens is 1. The first kappa shape index (κ1) is 16.8. The van der Waals surface area contributed by atoms with Crippen LogP contribution in [0.15, 0.2) is 35.4 Å². The number of benzene rings is 1. The molecule has 0 bridgehead atoms. The standard InChI is InChI=1S/C13H8Cl4N4O/c14-9-2-1-3-10(15)8(9)6-19-21(13(18)22)7-4-11(16)20-12(17)5-7/h1-6H,(H2,18,22)/b19-6-. The Morgan fingerprint density at radius 3 is 2.18 bits per heavy atom. The van der Waals surface area contributed by atoms with Crippen molar-refractivity contribution in [3.05, 3.63) is 56.2 Å². The predicted molar refractivity (Wildman–Crippen MR) is 90.4 cm³/mol. The van der Waals surface area contributed by atoms with E-state index < -0.39 is 6.03 Å². The maximum absolute atomic E-state index is 11.6. The molecule has 2 amide bonds. The summed E-state index contributed by atoms with van der Waals surface area (Å²) in [5, 5.41) is 5.85. The number of carbonyl (C=O) groups is 1. The summed E-state index contributed by atoms with van der Waals surface area (Å²) in [6.45, 7) is 0. The van der Waals surface area contributed by atoms with Gasteiger partial charge in [0.25, 0.3) is 0 Å². The third-order valence-electron chi connectivity index (χ3n) is 2.50. The molecule has 1 aromatic carbocycles. The van der Waals surface area contributed by atoms with Crippen molar-refractivity contribution in [3.63, 3.8) is 0 Å². The zero-order chi connectivity index (χ0) is 16.3. The summed E-state index contributed by atoms with van der Waals surface area (Å²) in [6.07, 6.45) is 1.32. The summed E-state index contributed by atoms with van der Waals surface area (Å²) < 4.78 is 0. The van der Waals surface area contributed by atoms with Gasteiger partial charge in [0.1, 0.15) is 10.3 Å². The number of hydrogen-bond acceptors (Lipinski definition) is 3. The SMILES string of the molecule is NC(=O)N(/N=C\c1c(Cl)cccc1Cl)c1cc(Cl)nc(Cl)c1. The summed E-state index contributed by atoms with van der Waals surface area (Å²) in [5.41, 5.74) is 6.02. The van der Waals surface area contributed by atoms with E-state index in [1.807, 2.05) is 0 Å². The average Bonchev–Trinajstić information content (AvgIpc) is 2.40. The normalized spacial score (nSPS) is 10.9. The fourth-order valence-electron chi connectivity index (χ4n) is 1.57. The number of nitrogens with zero attached hydrogens (tertiary/aromatic N) is 3. The van der Waals surface area contributed by atoms with Crippen LogP contribution in [0.4, 0.5) is 10.5 Å². The van der Waals surface area contributed by atoms with Gasteiger partial charge in [-0.05, 0) is 12.1 Å². The maximum Gasteiger partial charge on any atom is 0.340 e. The molecular formula is C13H8Cl4N4O. The van der Waals surface area contributed by atoms with Gasteiger partial charge in [0.15, 0.2) is 0 Å². The Kier molecular flexibility index (Phi) is 5.47. The molecule has 0 aliphatic carbocycles. The molecule has 114 valence electrons. The molecule has 0 radical (unpaired) electrons. The molecule has 0 saturated heterocycles. The van der Waals surface area contributed by atoms with Gasteiger partial charge in [-0.1, -0.05) is 52.5 Å². The minimum absolute atomic E-state index is 0.0970. The molecule has 0 saturated carbocycles. The zero-order valence-electron chi connectivity index (χ0n) is 10.8. The van der Waals surface area contributed by atoms with Gasteiger partial charge in [0.05, 0.1) is 21.9 Å². The van der Waals surface area contributed by atoms with E-state index in [0.717, 1.165) is 5.01 Å². The van der Waals surface area contributed by atoms with E-state index in [-0.39, 0.29) is 16.0 Å². The van der Waals surface area contributed by atoms with Crippen molar-refractivity contribution in [2.75, 3.05) is 5.01 Å². The minimum atomic E-state index is -0.835. The van der Waals surface area contributed by atoms with Crippen molar-refractivity contribution in [3.8, 4) is 0 Å². The molecule has 1 aromatic heterocycles. The number of urea groups is 1. The predicted octanol–water partition coefficient (Wildman–Crippen LogP) is 4.61. The van der Waals surface area contributed by atoms with Crippen LogP contribution in [-0.4, -0.2) is 17.2 Å². The lowest BCUT2D eigenvalue weighted by molar-refractivity contribution is 0.254. The van der Waals surface area contributed by atoms with Crippen molar-refractivity contribution in [1.29, 1.82) is 0 Å². The number of hydrogen-bond donors (Lipinski definition) is 1. The summed E-state index contributed by atoms with van der Waals surface area (Å²) in [5.74, 6) is 0. The number of anilines is 1. The lowest BCUT2D eigenvalue weighted by Gasteiger charge is -2.14. The Bertz CT molecular complexity index is 710. The maximum atomic E-state index is 11.6. The van der Waals surface area contributed by atoms with Crippen LogP contribution in [0.5, 0.6) is 0 Å². The molecule has 9 heteroatoms. The third-order valence-corrected chi connectivity index (χ3v) is 3.55. The highest BCUT2D eigenvalue weighted by molar-refractivity contribution is 6.38. The van der Waals surface area contributed by atoms with Crippen molar-refractivity contribution >= 4 is 64.3 Å². The molecule has 0 unspecified atom stereocenters. The Morgan fingerprint density at radius 2 is 1.68 bits per heavy atom. The molecule has 0 spiro atoms. The van der Waals surface area contributed by atoms with Crippen LogP contribution in [0.25, 0.3) is 0 Å². The summed E-state index contributed by atoms with van der Waals surface area (Å²) in [4.78, 5) is 15.4. The number of hydrazone groups is 1. The average molecular weight is 378 g/mol. The summed E-state index contributed by atoms with van der Waals surface area (Å²) >= 11 is 23.6. The van der Waals surface area contributed by atoms with Gasteiger partial charge in [-0.15, -0.1) is 0 Å². The van der Waals surface area contributed by atoms with Crippen LogP contribution in [-0.2, 0) is 0 Å². The molecule has 0 atom stereocenters. The number of carbonyl (C=O) groups excluding carboxylic acids is 1. The number of primary amides is 1. The largest absolute Gasteiger partial charge is 0.350 e. The van der Waals surface area contributed by atoms with E-state index in [1.165, 1.54) is 18.3 Å². The fourth-order valence-corrected chi connectivity index (χ4v) is 2.52. The number of pyridine rings is 1. The molecule has 22 heavy (non-hydrogen) atoms. The first-order valence-electron chi connectivity index (χ1n) is 5.79. The zero-order valence-corrected chi connectivity index (χ0v) is 13.8. The first-order chi connectivity index (χ1) is 10.4. The highest BCUT2D eigenvalue weighted by Gasteiger charge is 2.14. The summed E-state index contributed by atoms with van der Waals surface area (Å²) in [6, 6.07) is 6.93. The van der Waals surface area contributed by atoms with Crippen molar-refractivity contribution in [2.24, 2.45) is 10.8 Å². The molecule has 2 rings (SSSR count). The molecule has 0 fully saturated rings. The smallest absolute Gasteiger partial charge is 0.340 e. The highest BCUT2D eigenvalue weighted by Crippen LogP contribution is 2.25. The minimum Gasteiger partial charge on any atom is -0.350 e. The van der Waals surface area contributed by atoms with Gasteiger partial charge < -0.3 is 5.73 Å². The molecule has 2 aromatic rings. The second kappa shape index (κ2) is 7.15. The lowest BCUT2D eigenvalue weighted by Crippen LogP contribution is -2.31. The Hall–Kier alpha value is -1.53. The Morgan fingerprint density at radius 1 is 1.14 bits per heavy atom. The van der Waals surface area contributed by atoms with Gasteiger partial charge in [-0.2, -0.15) is 10.1 Å². The number of rotatable bonds is 3. The van der Waals surface area contributed by atoms with Crippen LogP contribution < -0.4 is 10.7 Å². The topological polar surface area (TPSA) is 71.6 Å². The van der Waals surface area contributed by atoms with Crippen molar-refractivity contribution in [1.82, 2.24) is 4.98 Å². The highest BCUT2D eigenvalue weighted by atomic mass is 35.5. The second-order valence-electron chi connectivity index (χ2n) is 4.00. The van der Waals surface area contributed by atoms with Gasteiger partial charge in [0, 0.05) is 17.7 Å². The molecule has 5 nitrogen and oxygen atoms in total. The molecule has 0 aliphatic heterocycles. The Balaban J connectivity index is 2.41. The Labute approximate surface area is 146 Å². The monoisotopic (exact) mass is 376 g/mol. The fraction of sp³-hybridized carbons (Fsp3) is 0. The molecule has 2 N–H and O–H groups in total. The van der Waals surface area contributed by atoms with E-state index in [2.05, 4.69) is 10.1 Å².